The standard InChI is InChI=1S/C61H55N5O15/c1-76-56(69)47(57(70)77-2)15-9-10-38-18-29-49-48(36-38)61(59(72)64(49)60(73)80-37-39-16-23-45(24-17-39)66(74)75)50(55(68)62-43-21-25-44(26-22-43)63-30-33-78-34-31-63)52-58(71)81-53(41-13-7-4-8-14-41)51(40-11-5-3-6-12-40)65(52)54(61)42-19-27-46(28-20-42)79-35-32-67/h3-8,11-14,16-29,36,47,50-54,67H,15,30-35,37H2,1-2H3,(H,62,68)/t50-,51-,52-,53+,54+,61-/m0/s1. The SMILES string of the molecule is COC(=O)C(CC#Cc1ccc2c(c1)[C@]1(C(=O)N2C(=O)OCc2ccc([N+](=O)[O-])cc2)[C@H](C(=O)Nc2ccc(N3CCOCC3)cc2)[C@H]2C(=O)O[C@H](c3ccccc3)[C@H](c3ccccc3)N2[C@@H]1c1ccc(OCCO)cc1)C(=O)OC. The summed E-state index contributed by atoms with van der Waals surface area (Å²) in [6, 6.07) is 38.2. The molecular weight excluding hydrogens is 1040 g/mol. The number of aliphatic hydroxyl groups excluding tert-OH is 1. The molecule has 3 amide bonds. The number of nitrogens with zero attached hydrogens (tertiary/aromatic N) is 4. The van der Waals surface area contributed by atoms with Gasteiger partial charge in [-0.1, -0.05) is 84.6 Å². The average Bonchev–Trinajstić information content (AvgIpc) is 2.50. The molecule has 2 N–H and O–H groups in total. The smallest absolute Gasteiger partial charge is 0.421 e. The summed E-state index contributed by atoms with van der Waals surface area (Å²) < 4.78 is 33.6. The minimum Gasteiger partial charge on any atom is -0.491 e. The van der Waals surface area contributed by atoms with Gasteiger partial charge in [0.2, 0.25) is 11.8 Å². The summed E-state index contributed by atoms with van der Waals surface area (Å²) >= 11 is 0. The van der Waals surface area contributed by atoms with E-state index in [9.17, 15) is 24.8 Å². The lowest BCUT2D eigenvalue weighted by Crippen LogP contribution is -2.54. The van der Waals surface area contributed by atoms with Gasteiger partial charge in [-0.05, 0) is 94.5 Å². The van der Waals surface area contributed by atoms with Crippen molar-refractivity contribution >= 4 is 58.6 Å². The summed E-state index contributed by atoms with van der Waals surface area (Å²) in [5.41, 5.74) is 1.04. The van der Waals surface area contributed by atoms with Crippen LogP contribution in [0.3, 0.4) is 0 Å². The Morgan fingerprint density at radius 3 is 2.09 bits per heavy atom. The summed E-state index contributed by atoms with van der Waals surface area (Å²) in [6.45, 7) is 1.62. The molecule has 0 aliphatic carbocycles. The highest BCUT2D eigenvalue weighted by Crippen LogP contribution is 2.66. The number of cyclic esters (lactones) is 1. The number of hydrogen-bond acceptors (Lipinski definition) is 17. The maximum absolute atomic E-state index is 16.8. The zero-order valence-corrected chi connectivity index (χ0v) is 44.0. The molecule has 0 aromatic heterocycles. The van der Waals surface area contributed by atoms with Crippen LogP contribution in [0.4, 0.5) is 27.5 Å². The van der Waals surface area contributed by atoms with E-state index in [1.807, 2.05) is 77.7 Å². The Morgan fingerprint density at radius 1 is 0.802 bits per heavy atom. The van der Waals surface area contributed by atoms with Gasteiger partial charge < -0.3 is 43.7 Å². The number of hydrogen-bond donors (Lipinski definition) is 2. The topological polar surface area (TPSA) is 243 Å². The third-order valence-corrected chi connectivity index (χ3v) is 15.0. The van der Waals surface area contributed by atoms with E-state index in [0.717, 1.165) is 24.8 Å². The summed E-state index contributed by atoms with van der Waals surface area (Å²) in [5, 5.41) is 24.3. The normalized spacial score (nSPS) is 21.0. The highest BCUT2D eigenvalue weighted by molar-refractivity contribution is 6.24. The highest BCUT2D eigenvalue weighted by Gasteiger charge is 2.76. The van der Waals surface area contributed by atoms with Gasteiger partial charge >= 0.3 is 24.0 Å². The Kier molecular flexibility index (Phi) is 16.2. The largest absolute Gasteiger partial charge is 0.491 e. The van der Waals surface area contributed by atoms with E-state index >= 15 is 19.2 Å². The lowest BCUT2D eigenvalue weighted by molar-refractivity contribution is -0.384. The first-order valence-electron chi connectivity index (χ1n) is 26.1. The summed E-state index contributed by atoms with van der Waals surface area (Å²) in [7, 11) is 2.25. The minimum absolute atomic E-state index is 0.0223. The second kappa shape index (κ2) is 23.9. The van der Waals surface area contributed by atoms with Gasteiger partial charge in [-0.3, -0.25) is 39.0 Å². The molecule has 0 saturated carbocycles. The molecule has 414 valence electrons. The number of aliphatic hydroxyl groups is 1. The van der Waals surface area contributed by atoms with Gasteiger partial charge in [-0.2, -0.15) is 0 Å². The first-order chi connectivity index (χ1) is 39.4. The van der Waals surface area contributed by atoms with Crippen molar-refractivity contribution in [3.8, 4) is 17.6 Å². The Hall–Kier alpha value is -9.42. The molecule has 6 atom stereocenters. The van der Waals surface area contributed by atoms with E-state index in [2.05, 4.69) is 22.1 Å². The average molecular weight is 1100 g/mol. The van der Waals surface area contributed by atoms with Crippen LogP contribution in [0.2, 0.25) is 0 Å². The number of imide groups is 1. The molecule has 4 aliphatic heterocycles. The van der Waals surface area contributed by atoms with E-state index in [1.54, 1.807) is 42.5 Å². The van der Waals surface area contributed by atoms with E-state index in [4.69, 9.17) is 28.4 Å². The molecule has 10 rings (SSSR count). The van der Waals surface area contributed by atoms with Crippen LogP contribution in [0.25, 0.3) is 0 Å². The molecule has 20 nitrogen and oxygen atoms in total. The number of fused-ring (bicyclic) bond motifs is 3. The maximum atomic E-state index is 16.8. The van der Waals surface area contributed by atoms with Gasteiger partial charge in [-0.25, -0.2) is 9.69 Å². The highest BCUT2D eigenvalue weighted by atomic mass is 16.6. The van der Waals surface area contributed by atoms with Crippen LogP contribution in [-0.4, -0.2) is 111 Å². The predicted molar refractivity (Wildman–Crippen MR) is 291 cm³/mol. The van der Waals surface area contributed by atoms with Crippen LogP contribution in [-0.2, 0) is 59.7 Å². The number of rotatable bonds is 15. The molecular formula is C61H55N5O15. The van der Waals surface area contributed by atoms with E-state index in [1.165, 1.54) is 36.4 Å². The van der Waals surface area contributed by atoms with Crippen molar-refractivity contribution in [3.63, 3.8) is 0 Å². The van der Waals surface area contributed by atoms with Crippen LogP contribution in [0, 0.1) is 33.8 Å². The van der Waals surface area contributed by atoms with Crippen molar-refractivity contribution in [1.82, 2.24) is 4.90 Å². The fourth-order valence-corrected chi connectivity index (χ4v) is 11.4. The lowest BCUT2D eigenvalue weighted by Gasteiger charge is -2.46. The van der Waals surface area contributed by atoms with Gasteiger partial charge in [0.25, 0.3) is 5.69 Å². The van der Waals surface area contributed by atoms with Crippen LogP contribution in [0.5, 0.6) is 5.75 Å². The molecule has 6 aromatic rings. The number of benzene rings is 6. The number of amides is 3. The Balaban J connectivity index is 1.21. The van der Waals surface area contributed by atoms with Crippen molar-refractivity contribution in [2.45, 2.75) is 42.7 Å². The van der Waals surface area contributed by atoms with E-state index < -0.39 is 88.8 Å². The number of carbonyl (C=O) groups is 6. The molecule has 3 fully saturated rings. The van der Waals surface area contributed by atoms with Crippen molar-refractivity contribution in [3.05, 3.63) is 195 Å². The Bertz CT molecular complexity index is 3390. The molecule has 81 heavy (non-hydrogen) atoms. The zero-order chi connectivity index (χ0) is 56.8. The monoisotopic (exact) mass is 1100 g/mol. The number of carbonyl (C=O) groups excluding carboxylic acids is 6. The molecule has 1 spiro atoms. The quantitative estimate of drug-likeness (QED) is 0.0259. The van der Waals surface area contributed by atoms with E-state index in [-0.39, 0.29) is 42.1 Å². The first kappa shape index (κ1) is 54.9. The second-order valence-corrected chi connectivity index (χ2v) is 19.5. The van der Waals surface area contributed by atoms with Gasteiger partial charge in [0.1, 0.15) is 36.5 Å². The summed E-state index contributed by atoms with van der Waals surface area (Å²) in [6.07, 6.45) is -2.55. The molecule has 4 aliphatic rings. The third-order valence-electron chi connectivity index (χ3n) is 15.0. The Labute approximate surface area is 465 Å². The molecule has 20 heteroatoms. The molecule has 0 bridgehead atoms. The van der Waals surface area contributed by atoms with Crippen LogP contribution >= 0.6 is 0 Å². The Morgan fingerprint density at radius 2 is 1.46 bits per heavy atom. The molecule has 3 saturated heterocycles. The number of morpholine rings is 2. The van der Waals surface area contributed by atoms with Crippen LogP contribution in [0.15, 0.2) is 152 Å². The van der Waals surface area contributed by atoms with Gasteiger partial charge in [-0.15, -0.1) is 0 Å². The van der Waals surface area contributed by atoms with E-state index in [0.29, 0.717) is 60.0 Å². The molecule has 4 heterocycles. The number of nitrogens with one attached hydrogen (secondary N) is 1. The number of anilines is 3. The number of non-ortho nitro benzene ring substituents is 1. The zero-order valence-electron chi connectivity index (χ0n) is 44.0. The predicted octanol–water partition coefficient (Wildman–Crippen LogP) is 7.15. The second-order valence-electron chi connectivity index (χ2n) is 19.5. The third kappa shape index (κ3) is 10.6. The van der Waals surface area contributed by atoms with Crippen molar-refractivity contribution < 1.29 is 67.2 Å². The number of esters is 3. The van der Waals surface area contributed by atoms with Gasteiger partial charge in [0.15, 0.2) is 5.92 Å². The lowest BCUT2D eigenvalue weighted by atomic mass is 9.65. The number of ether oxygens (including phenoxy) is 6. The van der Waals surface area contributed by atoms with Crippen molar-refractivity contribution in [2.24, 2.45) is 11.8 Å². The van der Waals surface area contributed by atoms with Crippen LogP contribution in [0.1, 0.15) is 58.0 Å². The van der Waals surface area contributed by atoms with Gasteiger partial charge in [0, 0.05) is 48.6 Å². The van der Waals surface area contributed by atoms with Crippen molar-refractivity contribution in [1.29, 1.82) is 0 Å². The van der Waals surface area contributed by atoms with Crippen LogP contribution < -0.4 is 19.9 Å². The summed E-state index contributed by atoms with van der Waals surface area (Å²) in [5.74, 6) is -1.24. The number of nitro benzene ring substituents is 1. The maximum Gasteiger partial charge on any atom is 0.421 e. The van der Waals surface area contributed by atoms with Gasteiger partial charge in [0.05, 0.1) is 62.7 Å². The number of nitro groups is 1. The fraction of sp³-hybridized carbons (Fsp3) is 0.279. The molecule has 0 unspecified atom stereocenters. The summed E-state index contributed by atoms with van der Waals surface area (Å²) in [4.78, 5) is 105. The minimum atomic E-state index is -2.27. The fourth-order valence-electron chi connectivity index (χ4n) is 11.4. The molecule has 0 radical (unpaired) electrons. The number of methoxy groups -OCH3 is 2. The van der Waals surface area contributed by atoms with Crippen molar-refractivity contribution in [2.75, 3.05) is 68.9 Å². The first-order valence-corrected chi connectivity index (χ1v) is 26.1. The molecule has 6 aromatic carbocycles.